The van der Waals surface area contributed by atoms with Gasteiger partial charge in [0.15, 0.2) is 5.82 Å². The number of halogens is 4. The molecule has 0 bridgehead atoms. The van der Waals surface area contributed by atoms with E-state index in [1.54, 1.807) is 6.92 Å². The number of anilines is 1. The number of nitrogens with zero attached hydrogens (tertiary/aromatic N) is 4. The van der Waals surface area contributed by atoms with E-state index in [1.165, 1.54) is 36.4 Å². The van der Waals surface area contributed by atoms with E-state index in [2.05, 4.69) is 25.6 Å². The number of alkyl halides is 3. The fraction of sp³-hybridized carbons (Fsp3) is 0.111. The largest absolute Gasteiger partial charge is 0.573 e. The van der Waals surface area contributed by atoms with E-state index in [-0.39, 0.29) is 16.9 Å². The van der Waals surface area contributed by atoms with Crippen LogP contribution < -0.4 is 10.1 Å². The van der Waals surface area contributed by atoms with Crippen LogP contribution >= 0.6 is 0 Å². The van der Waals surface area contributed by atoms with Gasteiger partial charge in [-0.15, -0.1) is 18.3 Å². The molecule has 0 radical (unpaired) electrons. The van der Waals surface area contributed by atoms with Crippen molar-refractivity contribution in [2.45, 2.75) is 13.3 Å². The highest BCUT2D eigenvalue weighted by Crippen LogP contribution is 2.27. The highest BCUT2D eigenvalue weighted by molar-refractivity contribution is 6.02. The smallest absolute Gasteiger partial charge is 0.405 e. The van der Waals surface area contributed by atoms with Crippen LogP contribution in [0.3, 0.4) is 0 Å². The quantitative estimate of drug-likeness (QED) is 0.516. The second-order valence-corrected chi connectivity index (χ2v) is 5.71. The first kappa shape index (κ1) is 20.0. The number of aryl methyl sites for hydroxylation is 1. The number of tetrazole rings is 1. The third kappa shape index (κ3) is 5.15. The molecule has 1 heterocycles. The lowest BCUT2D eigenvalue weighted by molar-refractivity contribution is -0.274. The number of rotatable bonds is 5. The van der Waals surface area contributed by atoms with Gasteiger partial charge in [0.05, 0.1) is 0 Å². The molecule has 0 atom stereocenters. The van der Waals surface area contributed by atoms with Crippen molar-refractivity contribution in [1.82, 2.24) is 20.2 Å². The van der Waals surface area contributed by atoms with Gasteiger partial charge in [-0.25, -0.2) is 4.39 Å². The summed E-state index contributed by atoms with van der Waals surface area (Å²) in [7, 11) is 0. The molecule has 150 valence electrons. The van der Waals surface area contributed by atoms with Crippen LogP contribution in [0.15, 0.2) is 48.5 Å². The lowest BCUT2D eigenvalue weighted by Gasteiger charge is -2.11. The summed E-state index contributed by atoms with van der Waals surface area (Å²) in [6.45, 7) is 1.58. The third-order valence-corrected chi connectivity index (χ3v) is 3.63. The first-order valence-corrected chi connectivity index (χ1v) is 8.12. The molecule has 0 saturated heterocycles. The molecule has 1 aromatic heterocycles. The Hall–Kier alpha value is -3.76. The number of carbonyl (C=O) groups is 1. The fourth-order valence-corrected chi connectivity index (χ4v) is 2.39. The molecule has 0 aliphatic rings. The highest BCUT2D eigenvalue weighted by atomic mass is 19.4. The second kappa shape index (κ2) is 8.09. The first-order chi connectivity index (χ1) is 13.7. The lowest BCUT2D eigenvalue weighted by Crippen LogP contribution is -2.17. The monoisotopic (exact) mass is 407 g/mol. The molecule has 0 spiro atoms. The van der Waals surface area contributed by atoms with E-state index in [0.717, 1.165) is 22.9 Å². The minimum Gasteiger partial charge on any atom is -0.405 e. The van der Waals surface area contributed by atoms with Crippen LogP contribution in [0.1, 0.15) is 11.4 Å². The highest BCUT2D eigenvalue weighted by Gasteiger charge is 2.31. The van der Waals surface area contributed by atoms with Gasteiger partial charge in [-0.2, -0.15) is 4.68 Å². The molecule has 3 aromatic rings. The SMILES string of the molecule is Cc1nnnn1-c1cc(NC(=O)/C=C/c2ccccc2OC(F)(F)F)ccc1F. The van der Waals surface area contributed by atoms with Gasteiger partial charge in [-0.1, -0.05) is 18.2 Å². The Labute approximate surface area is 161 Å². The zero-order chi connectivity index (χ0) is 21.0. The average Bonchev–Trinajstić information content (AvgIpc) is 3.07. The number of amides is 1. The second-order valence-electron chi connectivity index (χ2n) is 5.71. The van der Waals surface area contributed by atoms with E-state index >= 15 is 0 Å². The molecule has 7 nitrogen and oxygen atoms in total. The molecular formula is C18H13F4N5O2. The van der Waals surface area contributed by atoms with E-state index in [0.29, 0.717) is 5.82 Å². The van der Waals surface area contributed by atoms with Crippen LogP contribution in [0.25, 0.3) is 11.8 Å². The van der Waals surface area contributed by atoms with E-state index < -0.39 is 23.8 Å². The third-order valence-electron chi connectivity index (χ3n) is 3.63. The van der Waals surface area contributed by atoms with Crippen molar-refractivity contribution in [1.29, 1.82) is 0 Å². The van der Waals surface area contributed by atoms with Crippen molar-refractivity contribution < 1.29 is 27.1 Å². The number of para-hydroxylation sites is 1. The summed E-state index contributed by atoms with van der Waals surface area (Å²) in [5.74, 6) is -1.35. The van der Waals surface area contributed by atoms with Crippen molar-refractivity contribution in [2.24, 2.45) is 0 Å². The molecule has 0 aliphatic heterocycles. The number of aromatic nitrogens is 4. The van der Waals surface area contributed by atoms with Crippen LogP contribution in [0.5, 0.6) is 5.75 Å². The minimum atomic E-state index is -4.86. The number of hydrogen-bond donors (Lipinski definition) is 1. The van der Waals surface area contributed by atoms with Gasteiger partial charge >= 0.3 is 6.36 Å². The van der Waals surface area contributed by atoms with Crippen LogP contribution in [0, 0.1) is 12.7 Å². The Kier molecular flexibility index (Phi) is 5.57. The van der Waals surface area contributed by atoms with Crippen LogP contribution in [-0.4, -0.2) is 32.5 Å². The van der Waals surface area contributed by atoms with Crippen molar-refractivity contribution >= 4 is 17.7 Å². The number of nitrogens with one attached hydrogen (secondary N) is 1. The maximum absolute atomic E-state index is 14.1. The number of carbonyl (C=O) groups excluding carboxylic acids is 1. The Morgan fingerprint density at radius 1 is 1.21 bits per heavy atom. The molecule has 1 N–H and O–H groups in total. The standard InChI is InChI=1S/C18H13F4N5O2/c1-11-24-25-26-27(11)15-10-13(7-8-14(15)19)23-17(28)9-6-12-4-2-3-5-16(12)29-18(20,21)22/h2-10H,1H3,(H,23,28)/b9-6+. The Balaban J connectivity index is 1.76. The molecular weight excluding hydrogens is 394 g/mol. The van der Waals surface area contributed by atoms with Gasteiger partial charge in [0.2, 0.25) is 5.91 Å². The Morgan fingerprint density at radius 3 is 2.66 bits per heavy atom. The van der Waals surface area contributed by atoms with Gasteiger partial charge in [0.25, 0.3) is 0 Å². The number of ether oxygens (including phenoxy) is 1. The zero-order valence-corrected chi connectivity index (χ0v) is 14.8. The van der Waals surface area contributed by atoms with E-state index in [1.807, 2.05) is 0 Å². The lowest BCUT2D eigenvalue weighted by atomic mass is 10.2. The molecule has 0 aliphatic carbocycles. The predicted molar refractivity (Wildman–Crippen MR) is 94.6 cm³/mol. The average molecular weight is 407 g/mol. The van der Waals surface area contributed by atoms with Crippen molar-refractivity contribution in [2.75, 3.05) is 5.32 Å². The molecule has 0 saturated carbocycles. The maximum atomic E-state index is 14.1. The summed E-state index contributed by atoms with van der Waals surface area (Å²) in [4.78, 5) is 12.1. The maximum Gasteiger partial charge on any atom is 0.573 e. The van der Waals surface area contributed by atoms with E-state index in [4.69, 9.17) is 0 Å². The minimum absolute atomic E-state index is 0.0261. The molecule has 3 rings (SSSR count). The molecule has 2 aromatic carbocycles. The Bertz CT molecular complexity index is 1060. The normalized spacial score (nSPS) is 11.6. The topological polar surface area (TPSA) is 81.9 Å². The molecule has 0 fully saturated rings. The summed E-state index contributed by atoms with van der Waals surface area (Å²) in [6, 6.07) is 9.15. The Morgan fingerprint density at radius 2 is 1.97 bits per heavy atom. The summed E-state index contributed by atoms with van der Waals surface area (Å²) in [5.41, 5.74) is 0.327. The number of hydrogen-bond acceptors (Lipinski definition) is 5. The van der Waals surface area contributed by atoms with Crippen LogP contribution in [0.4, 0.5) is 23.2 Å². The predicted octanol–water partition coefficient (Wildman–Crippen LogP) is 3.66. The van der Waals surface area contributed by atoms with Gasteiger partial charge < -0.3 is 10.1 Å². The number of benzene rings is 2. The fourth-order valence-electron chi connectivity index (χ4n) is 2.39. The van der Waals surface area contributed by atoms with Gasteiger partial charge in [-0.3, -0.25) is 4.79 Å². The molecule has 29 heavy (non-hydrogen) atoms. The van der Waals surface area contributed by atoms with E-state index in [9.17, 15) is 22.4 Å². The molecule has 0 unspecified atom stereocenters. The summed E-state index contributed by atoms with van der Waals surface area (Å²) in [6.07, 6.45) is -2.65. The molecule has 1 amide bonds. The van der Waals surface area contributed by atoms with Crippen molar-refractivity contribution in [3.8, 4) is 11.4 Å². The first-order valence-electron chi connectivity index (χ1n) is 8.12. The van der Waals surface area contributed by atoms with Gasteiger partial charge in [-0.05, 0) is 47.7 Å². The van der Waals surface area contributed by atoms with Gasteiger partial charge in [0.1, 0.15) is 17.3 Å². The molecule has 11 heteroatoms. The van der Waals surface area contributed by atoms with Crippen molar-refractivity contribution in [3.05, 3.63) is 65.7 Å². The zero-order valence-electron chi connectivity index (χ0n) is 14.8. The van der Waals surface area contributed by atoms with Crippen molar-refractivity contribution in [3.63, 3.8) is 0 Å². The summed E-state index contributed by atoms with van der Waals surface area (Å²) < 4.78 is 56.5. The van der Waals surface area contributed by atoms with Gasteiger partial charge in [0, 0.05) is 17.3 Å². The summed E-state index contributed by atoms with van der Waals surface area (Å²) in [5, 5.41) is 13.3. The van der Waals surface area contributed by atoms with Crippen LogP contribution in [0.2, 0.25) is 0 Å². The summed E-state index contributed by atoms with van der Waals surface area (Å²) >= 11 is 0. The van der Waals surface area contributed by atoms with Crippen LogP contribution in [-0.2, 0) is 4.79 Å².